The molecule has 22 heavy (non-hydrogen) atoms. The van der Waals surface area contributed by atoms with E-state index < -0.39 is 0 Å². The van der Waals surface area contributed by atoms with Crippen LogP contribution in [0.15, 0.2) is 48.5 Å². The molecule has 3 rings (SSSR count). The molecule has 1 aliphatic carbocycles. The van der Waals surface area contributed by atoms with Crippen LogP contribution in [0.25, 0.3) is 0 Å². The number of hydrogen-bond donors (Lipinski definition) is 2. The molecular formula is C18H19ClN2O. The van der Waals surface area contributed by atoms with Gasteiger partial charge in [0.1, 0.15) is 0 Å². The number of fused-ring (bicyclic) bond motifs is 1. The van der Waals surface area contributed by atoms with E-state index >= 15 is 0 Å². The van der Waals surface area contributed by atoms with Crippen LogP contribution >= 0.6 is 11.6 Å². The highest BCUT2D eigenvalue weighted by atomic mass is 35.5. The van der Waals surface area contributed by atoms with Gasteiger partial charge in [0.2, 0.25) is 5.91 Å². The smallest absolute Gasteiger partial charge is 0.227 e. The first-order valence-electron chi connectivity index (χ1n) is 7.45. The van der Waals surface area contributed by atoms with Crippen molar-refractivity contribution in [1.29, 1.82) is 0 Å². The Morgan fingerprint density at radius 1 is 1.23 bits per heavy atom. The maximum atomic E-state index is 12.5. The minimum Gasteiger partial charge on any atom is -0.351 e. The normalized spacial score (nSPS) is 21.2. The molecule has 0 radical (unpaired) electrons. The lowest BCUT2D eigenvalue weighted by Gasteiger charge is -2.21. The van der Waals surface area contributed by atoms with Gasteiger partial charge in [0.05, 0.1) is 18.0 Å². The summed E-state index contributed by atoms with van der Waals surface area (Å²) >= 11 is 5.89. The van der Waals surface area contributed by atoms with Crippen LogP contribution in [0.5, 0.6) is 0 Å². The molecule has 114 valence electrons. The molecule has 0 bridgehead atoms. The van der Waals surface area contributed by atoms with Gasteiger partial charge in [-0.1, -0.05) is 48.0 Å². The van der Waals surface area contributed by atoms with Gasteiger partial charge in [-0.05, 0) is 42.2 Å². The molecule has 0 spiro atoms. The average molecular weight is 315 g/mol. The molecule has 2 aromatic carbocycles. The lowest BCUT2D eigenvalue weighted by Crippen LogP contribution is -2.42. The molecule has 0 saturated carbocycles. The van der Waals surface area contributed by atoms with Gasteiger partial charge in [-0.3, -0.25) is 4.79 Å². The van der Waals surface area contributed by atoms with Gasteiger partial charge in [-0.2, -0.15) is 0 Å². The molecule has 0 saturated heterocycles. The van der Waals surface area contributed by atoms with E-state index in [1.54, 1.807) is 12.1 Å². The minimum atomic E-state index is -0.229. The van der Waals surface area contributed by atoms with E-state index in [4.69, 9.17) is 17.3 Å². The van der Waals surface area contributed by atoms with Crippen molar-refractivity contribution in [2.75, 3.05) is 0 Å². The van der Waals surface area contributed by atoms with Crippen LogP contribution < -0.4 is 11.1 Å². The Morgan fingerprint density at radius 2 is 1.91 bits per heavy atom. The molecule has 1 aliphatic rings. The predicted octanol–water partition coefficient (Wildman–Crippen LogP) is 3.18. The van der Waals surface area contributed by atoms with Gasteiger partial charge in [-0.25, -0.2) is 0 Å². The fraction of sp³-hybridized carbons (Fsp3) is 0.278. The molecule has 0 aliphatic heterocycles. The van der Waals surface area contributed by atoms with Crippen LogP contribution in [0.3, 0.4) is 0 Å². The third kappa shape index (κ3) is 2.87. The summed E-state index contributed by atoms with van der Waals surface area (Å²) < 4.78 is 0. The molecule has 0 fully saturated rings. The first-order chi connectivity index (χ1) is 10.6. The van der Waals surface area contributed by atoms with E-state index in [0.29, 0.717) is 5.02 Å². The summed E-state index contributed by atoms with van der Waals surface area (Å²) in [7, 11) is 0. The number of nitrogens with one attached hydrogen (secondary N) is 1. The van der Waals surface area contributed by atoms with E-state index in [0.717, 1.165) is 17.5 Å². The van der Waals surface area contributed by atoms with E-state index in [9.17, 15) is 4.79 Å². The lowest BCUT2D eigenvalue weighted by atomic mass is 9.99. The predicted molar refractivity (Wildman–Crippen MR) is 88.9 cm³/mol. The zero-order valence-corrected chi connectivity index (χ0v) is 13.2. The number of benzene rings is 2. The second-order valence-electron chi connectivity index (χ2n) is 5.82. The number of halogens is 1. The number of carbonyl (C=O) groups is 1. The van der Waals surface area contributed by atoms with Crippen LogP contribution in [0, 0.1) is 0 Å². The van der Waals surface area contributed by atoms with E-state index in [-0.39, 0.29) is 23.9 Å². The van der Waals surface area contributed by atoms with Gasteiger partial charge in [-0.15, -0.1) is 0 Å². The fourth-order valence-corrected chi connectivity index (χ4v) is 3.10. The molecule has 0 heterocycles. The molecule has 2 unspecified atom stereocenters. The summed E-state index contributed by atoms with van der Waals surface area (Å²) in [4.78, 5) is 12.5. The standard InChI is InChI=1S/C18H19ClN2O/c1-11(12-6-8-14(19)9-7-12)18(22)21-16-10-13-4-2-3-5-15(13)17(16)20/h2-9,11,16-17H,10,20H2,1H3,(H,21,22)/t11?,16-,17?/m0/s1. The molecule has 2 aromatic rings. The van der Waals surface area contributed by atoms with Crippen molar-refractivity contribution >= 4 is 17.5 Å². The Morgan fingerprint density at radius 3 is 2.59 bits per heavy atom. The minimum absolute atomic E-state index is 0.00409. The summed E-state index contributed by atoms with van der Waals surface area (Å²) in [5.41, 5.74) is 9.57. The lowest BCUT2D eigenvalue weighted by molar-refractivity contribution is -0.123. The summed E-state index contributed by atoms with van der Waals surface area (Å²) in [6.45, 7) is 1.90. The second-order valence-corrected chi connectivity index (χ2v) is 6.25. The number of carbonyl (C=O) groups excluding carboxylic acids is 1. The topological polar surface area (TPSA) is 55.1 Å². The van der Waals surface area contributed by atoms with Crippen LogP contribution in [0.4, 0.5) is 0 Å². The van der Waals surface area contributed by atoms with Crippen molar-refractivity contribution < 1.29 is 4.79 Å². The van der Waals surface area contributed by atoms with Crippen molar-refractivity contribution in [3.8, 4) is 0 Å². The molecular weight excluding hydrogens is 296 g/mol. The van der Waals surface area contributed by atoms with Crippen LogP contribution in [-0.4, -0.2) is 11.9 Å². The molecule has 0 aromatic heterocycles. The Labute approximate surface area is 135 Å². The maximum Gasteiger partial charge on any atom is 0.227 e. The Bertz CT molecular complexity index is 684. The van der Waals surface area contributed by atoms with Crippen molar-refractivity contribution in [2.24, 2.45) is 5.73 Å². The number of rotatable bonds is 3. The zero-order valence-electron chi connectivity index (χ0n) is 12.4. The number of hydrogen-bond acceptors (Lipinski definition) is 2. The van der Waals surface area contributed by atoms with Gasteiger partial charge in [0.25, 0.3) is 0 Å². The Kier molecular flexibility index (Phi) is 4.19. The summed E-state index contributed by atoms with van der Waals surface area (Å²) in [5.74, 6) is -0.233. The summed E-state index contributed by atoms with van der Waals surface area (Å²) in [6, 6.07) is 15.3. The van der Waals surface area contributed by atoms with E-state index in [1.807, 2.05) is 37.3 Å². The molecule has 3 nitrogen and oxygen atoms in total. The molecule has 3 N–H and O–H groups in total. The number of amides is 1. The second kappa shape index (κ2) is 6.11. The first-order valence-corrected chi connectivity index (χ1v) is 7.83. The largest absolute Gasteiger partial charge is 0.351 e. The molecule has 1 amide bonds. The highest BCUT2D eigenvalue weighted by molar-refractivity contribution is 6.30. The van der Waals surface area contributed by atoms with Crippen LogP contribution in [-0.2, 0) is 11.2 Å². The molecule has 3 atom stereocenters. The molecule has 4 heteroatoms. The van der Waals surface area contributed by atoms with Crippen molar-refractivity contribution in [1.82, 2.24) is 5.32 Å². The van der Waals surface area contributed by atoms with Crippen LogP contribution in [0.2, 0.25) is 5.02 Å². The third-order valence-electron chi connectivity index (χ3n) is 4.38. The fourth-order valence-electron chi connectivity index (χ4n) is 2.98. The maximum absolute atomic E-state index is 12.5. The Hall–Kier alpha value is -1.84. The summed E-state index contributed by atoms with van der Waals surface area (Å²) in [6.07, 6.45) is 0.788. The van der Waals surface area contributed by atoms with E-state index in [2.05, 4.69) is 11.4 Å². The van der Waals surface area contributed by atoms with Crippen molar-refractivity contribution in [2.45, 2.75) is 31.3 Å². The SMILES string of the molecule is CC(C(=O)N[C@H]1Cc2ccccc2C1N)c1ccc(Cl)cc1. The van der Waals surface area contributed by atoms with Gasteiger partial charge >= 0.3 is 0 Å². The van der Waals surface area contributed by atoms with Gasteiger partial charge in [0, 0.05) is 5.02 Å². The monoisotopic (exact) mass is 314 g/mol. The zero-order chi connectivity index (χ0) is 15.7. The highest BCUT2D eigenvalue weighted by Crippen LogP contribution is 2.30. The van der Waals surface area contributed by atoms with Gasteiger partial charge in [0.15, 0.2) is 0 Å². The Balaban J connectivity index is 1.69. The quantitative estimate of drug-likeness (QED) is 0.914. The van der Waals surface area contributed by atoms with Gasteiger partial charge < -0.3 is 11.1 Å². The van der Waals surface area contributed by atoms with E-state index in [1.165, 1.54) is 5.56 Å². The average Bonchev–Trinajstić information content (AvgIpc) is 2.84. The van der Waals surface area contributed by atoms with Crippen molar-refractivity contribution in [3.63, 3.8) is 0 Å². The summed E-state index contributed by atoms with van der Waals surface area (Å²) in [5, 5.41) is 3.76. The highest BCUT2D eigenvalue weighted by Gasteiger charge is 2.31. The first kappa shape index (κ1) is 15.1. The third-order valence-corrected chi connectivity index (χ3v) is 4.63. The van der Waals surface area contributed by atoms with Crippen LogP contribution in [0.1, 0.15) is 35.6 Å². The number of nitrogens with two attached hydrogens (primary N) is 1. The van der Waals surface area contributed by atoms with Crippen molar-refractivity contribution in [3.05, 3.63) is 70.2 Å².